The minimum Gasteiger partial charge on any atom is -0.299 e. The van der Waals surface area contributed by atoms with Crippen molar-refractivity contribution >= 4 is 11.4 Å². The van der Waals surface area contributed by atoms with Gasteiger partial charge in [0.05, 0.1) is 23.0 Å². The lowest BCUT2D eigenvalue weighted by atomic mass is 9.92. The Labute approximate surface area is 175 Å². The zero-order valence-corrected chi connectivity index (χ0v) is 18.0. The fourth-order valence-electron chi connectivity index (χ4n) is 4.86. The molecule has 2 aliphatic heterocycles. The summed E-state index contributed by atoms with van der Waals surface area (Å²) in [6.45, 7) is 9.85. The highest BCUT2D eigenvalue weighted by Gasteiger charge is 2.23. The van der Waals surface area contributed by atoms with E-state index in [1.165, 1.54) is 61.0 Å². The third kappa shape index (κ3) is 4.14. The zero-order valence-electron chi connectivity index (χ0n) is 18.0. The fraction of sp³-hybridized carbons (Fsp3) is 0.462. The number of hydrogen-bond acceptors (Lipinski definition) is 3. The van der Waals surface area contributed by atoms with Gasteiger partial charge >= 0.3 is 0 Å². The van der Waals surface area contributed by atoms with Gasteiger partial charge in [-0.2, -0.15) is 5.26 Å². The van der Waals surface area contributed by atoms with E-state index in [2.05, 4.69) is 62.1 Å². The standard InChI is InChI=1S/C26H31N3/c1-4-6-20-9-11-29(12-10-20)17-21-13-22(16-27)24-15-26(28-25(24)14-21)23-8-5-7-18(2)19(23)3/h5,7-8,13-14,20H,4,6,9-12,15,17H2,1-3H3. The molecule has 0 unspecified atom stereocenters. The second-order valence-electron chi connectivity index (χ2n) is 8.74. The second kappa shape index (κ2) is 8.51. The second-order valence-corrected chi connectivity index (χ2v) is 8.74. The smallest absolute Gasteiger partial charge is 0.0995 e. The Hall–Kier alpha value is -2.44. The molecule has 0 aromatic heterocycles. The lowest BCUT2D eigenvalue weighted by Gasteiger charge is -2.32. The van der Waals surface area contributed by atoms with E-state index in [0.717, 1.165) is 41.4 Å². The van der Waals surface area contributed by atoms with Gasteiger partial charge in [-0.05, 0) is 80.1 Å². The maximum absolute atomic E-state index is 9.77. The molecule has 4 rings (SSSR count). The highest BCUT2D eigenvalue weighted by Crippen LogP contribution is 2.34. The number of rotatable bonds is 5. The van der Waals surface area contributed by atoms with Crippen molar-refractivity contribution in [2.45, 2.75) is 59.4 Å². The Balaban J connectivity index is 1.55. The Bertz CT molecular complexity index is 972. The summed E-state index contributed by atoms with van der Waals surface area (Å²) in [4.78, 5) is 7.51. The normalized spacial score (nSPS) is 17.1. The molecule has 3 nitrogen and oxygen atoms in total. The number of aryl methyl sites for hydroxylation is 1. The minimum atomic E-state index is 0.755. The summed E-state index contributed by atoms with van der Waals surface area (Å²) in [5, 5.41) is 9.77. The summed E-state index contributed by atoms with van der Waals surface area (Å²) in [5.41, 5.74) is 8.98. The van der Waals surface area contributed by atoms with Crippen molar-refractivity contribution in [2.75, 3.05) is 13.1 Å². The average Bonchev–Trinajstić information content (AvgIpc) is 3.15. The average molecular weight is 386 g/mol. The molecule has 0 radical (unpaired) electrons. The molecule has 0 atom stereocenters. The molecule has 2 aromatic rings. The number of benzene rings is 2. The molecule has 1 saturated heterocycles. The van der Waals surface area contributed by atoms with Crippen LogP contribution in [0, 0.1) is 31.1 Å². The lowest BCUT2D eigenvalue weighted by Crippen LogP contribution is -2.33. The maximum Gasteiger partial charge on any atom is 0.0995 e. The molecular formula is C26H31N3. The predicted molar refractivity (Wildman–Crippen MR) is 120 cm³/mol. The van der Waals surface area contributed by atoms with Gasteiger partial charge in [-0.25, -0.2) is 0 Å². The molecule has 1 fully saturated rings. The van der Waals surface area contributed by atoms with E-state index in [1.807, 2.05) is 0 Å². The SMILES string of the molecule is CCCC1CCN(Cc2cc(C#N)c3c(c2)N=C(c2cccc(C)c2C)C3)CC1. The van der Waals surface area contributed by atoms with Crippen molar-refractivity contribution in [1.29, 1.82) is 5.26 Å². The molecule has 0 aliphatic carbocycles. The van der Waals surface area contributed by atoms with E-state index in [-0.39, 0.29) is 0 Å². The number of likely N-dealkylation sites (tertiary alicyclic amines) is 1. The molecule has 3 heteroatoms. The topological polar surface area (TPSA) is 39.4 Å². The van der Waals surface area contributed by atoms with Crippen LogP contribution in [0.2, 0.25) is 0 Å². The molecule has 0 N–H and O–H groups in total. The first-order valence-corrected chi connectivity index (χ1v) is 11.0. The molecule has 2 aromatic carbocycles. The Morgan fingerprint density at radius 3 is 2.69 bits per heavy atom. The van der Waals surface area contributed by atoms with Gasteiger partial charge in [0, 0.05) is 18.5 Å². The van der Waals surface area contributed by atoms with Crippen LogP contribution in [0.4, 0.5) is 5.69 Å². The van der Waals surface area contributed by atoms with Crippen molar-refractivity contribution in [2.24, 2.45) is 10.9 Å². The Morgan fingerprint density at radius 1 is 1.17 bits per heavy atom. The summed E-state index contributed by atoms with van der Waals surface area (Å²) >= 11 is 0. The van der Waals surface area contributed by atoms with Crippen LogP contribution in [0.1, 0.15) is 66.0 Å². The van der Waals surface area contributed by atoms with Crippen molar-refractivity contribution < 1.29 is 0 Å². The summed E-state index contributed by atoms with van der Waals surface area (Å²) < 4.78 is 0. The van der Waals surface area contributed by atoms with Gasteiger partial charge in [0.1, 0.15) is 0 Å². The van der Waals surface area contributed by atoms with Crippen LogP contribution in [0.5, 0.6) is 0 Å². The summed E-state index contributed by atoms with van der Waals surface area (Å²) in [6.07, 6.45) is 6.02. The van der Waals surface area contributed by atoms with E-state index in [1.54, 1.807) is 0 Å². The fourth-order valence-corrected chi connectivity index (χ4v) is 4.86. The van der Waals surface area contributed by atoms with Crippen molar-refractivity contribution in [3.05, 3.63) is 63.7 Å². The van der Waals surface area contributed by atoms with Crippen LogP contribution in [-0.2, 0) is 13.0 Å². The monoisotopic (exact) mass is 385 g/mol. The number of piperidine rings is 1. The highest BCUT2D eigenvalue weighted by molar-refractivity contribution is 6.08. The lowest BCUT2D eigenvalue weighted by molar-refractivity contribution is 0.172. The highest BCUT2D eigenvalue weighted by atomic mass is 15.1. The van der Waals surface area contributed by atoms with Crippen LogP contribution in [0.15, 0.2) is 35.3 Å². The van der Waals surface area contributed by atoms with Crippen molar-refractivity contribution in [3.8, 4) is 6.07 Å². The molecule has 0 spiro atoms. The van der Waals surface area contributed by atoms with Crippen LogP contribution in [-0.4, -0.2) is 23.7 Å². The van der Waals surface area contributed by atoms with Crippen LogP contribution in [0.3, 0.4) is 0 Å². The molecule has 29 heavy (non-hydrogen) atoms. The molecule has 150 valence electrons. The number of fused-ring (bicyclic) bond motifs is 1. The molecule has 0 bridgehead atoms. The van der Waals surface area contributed by atoms with Gasteiger partial charge < -0.3 is 0 Å². The molecule has 0 amide bonds. The van der Waals surface area contributed by atoms with Crippen LogP contribution in [0.25, 0.3) is 0 Å². The number of aliphatic imine (C=N–C) groups is 1. The first-order chi connectivity index (χ1) is 14.1. The molecular weight excluding hydrogens is 354 g/mol. The van der Waals surface area contributed by atoms with Gasteiger partial charge in [0.15, 0.2) is 0 Å². The largest absolute Gasteiger partial charge is 0.299 e. The number of nitriles is 1. The van der Waals surface area contributed by atoms with Gasteiger partial charge in [0.2, 0.25) is 0 Å². The Kier molecular flexibility index (Phi) is 5.83. The van der Waals surface area contributed by atoms with Gasteiger partial charge in [-0.3, -0.25) is 9.89 Å². The molecule has 2 aliphatic rings. The maximum atomic E-state index is 9.77. The summed E-state index contributed by atoms with van der Waals surface area (Å²) in [5.74, 6) is 0.899. The van der Waals surface area contributed by atoms with Gasteiger partial charge in [-0.15, -0.1) is 0 Å². The third-order valence-electron chi connectivity index (χ3n) is 6.73. The minimum absolute atomic E-state index is 0.755. The Morgan fingerprint density at radius 2 is 1.97 bits per heavy atom. The van der Waals surface area contributed by atoms with Gasteiger partial charge in [0.25, 0.3) is 0 Å². The predicted octanol–water partition coefficient (Wildman–Crippen LogP) is 5.86. The van der Waals surface area contributed by atoms with Gasteiger partial charge in [-0.1, -0.05) is 38.0 Å². The first-order valence-electron chi connectivity index (χ1n) is 11.0. The van der Waals surface area contributed by atoms with E-state index in [9.17, 15) is 5.26 Å². The molecule has 0 saturated carbocycles. The number of hydrogen-bond donors (Lipinski definition) is 0. The first kappa shape index (κ1) is 19.9. The number of nitrogens with zero attached hydrogens (tertiary/aromatic N) is 3. The van der Waals surface area contributed by atoms with Crippen molar-refractivity contribution in [1.82, 2.24) is 4.90 Å². The molecule has 2 heterocycles. The zero-order chi connectivity index (χ0) is 20.4. The van der Waals surface area contributed by atoms with E-state index in [4.69, 9.17) is 4.99 Å². The van der Waals surface area contributed by atoms with E-state index < -0.39 is 0 Å². The van der Waals surface area contributed by atoms with E-state index in [0.29, 0.717) is 0 Å². The van der Waals surface area contributed by atoms with E-state index >= 15 is 0 Å². The quantitative estimate of drug-likeness (QED) is 0.646. The summed E-state index contributed by atoms with van der Waals surface area (Å²) in [7, 11) is 0. The summed E-state index contributed by atoms with van der Waals surface area (Å²) in [6, 6.07) is 13.1. The van der Waals surface area contributed by atoms with Crippen LogP contribution < -0.4 is 0 Å². The van der Waals surface area contributed by atoms with Crippen molar-refractivity contribution in [3.63, 3.8) is 0 Å². The third-order valence-corrected chi connectivity index (χ3v) is 6.73. The van der Waals surface area contributed by atoms with Crippen LogP contribution >= 0.6 is 0 Å².